The van der Waals surface area contributed by atoms with Gasteiger partial charge in [-0.15, -0.1) is 11.3 Å². The number of nitrogens with two attached hydrogens (primary N) is 1. The second-order valence-electron chi connectivity index (χ2n) is 7.74. The normalized spacial score (nSPS) is 16.8. The lowest BCUT2D eigenvalue weighted by molar-refractivity contribution is -0.115. The summed E-state index contributed by atoms with van der Waals surface area (Å²) in [6.07, 6.45) is 2.94. The highest BCUT2D eigenvalue weighted by Gasteiger charge is 2.33. The average molecular weight is 386 g/mol. The van der Waals surface area contributed by atoms with E-state index in [0.717, 1.165) is 35.4 Å². The molecule has 2 N–H and O–H groups in total. The van der Waals surface area contributed by atoms with Gasteiger partial charge in [-0.3, -0.25) is 4.79 Å². The average Bonchev–Trinajstić information content (AvgIpc) is 3.11. The lowest BCUT2D eigenvalue weighted by Crippen LogP contribution is -2.28. The molecule has 4 nitrogen and oxygen atoms in total. The van der Waals surface area contributed by atoms with Crippen molar-refractivity contribution in [1.82, 2.24) is 4.98 Å². The van der Waals surface area contributed by atoms with Crippen molar-refractivity contribution >= 4 is 29.0 Å². The number of nitriles is 1. The van der Waals surface area contributed by atoms with Crippen molar-refractivity contribution in [1.29, 1.82) is 5.26 Å². The molecule has 26 heavy (non-hydrogen) atoms. The number of thioether (sulfide) groups is 1. The molecule has 2 heterocycles. The van der Waals surface area contributed by atoms with E-state index in [1.54, 1.807) is 11.3 Å². The Morgan fingerprint density at radius 1 is 1.50 bits per heavy atom. The predicted molar refractivity (Wildman–Crippen MR) is 107 cm³/mol. The lowest BCUT2D eigenvalue weighted by Gasteiger charge is -2.35. The van der Waals surface area contributed by atoms with Crippen LogP contribution in [0.2, 0.25) is 0 Å². The molecule has 136 valence electrons. The summed E-state index contributed by atoms with van der Waals surface area (Å²) >= 11 is 2.91. The van der Waals surface area contributed by atoms with Crippen molar-refractivity contribution in [3.05, 3.63) is 34.3 Å². The minimum Gasteiger partial charge on any atom is -0.369 e. The molecule has 0 fully saturated rings. The molecule has 6 heteroatoms. The predicted octanol–water partition coefficient (Wildman–Crippen LogP) is 4.41. The summed E-state index contributed by atoms with van der Waals surface area (Å²) in [5, 5.41) is 12.5. The van der Waals surface area contributed by atoms with Crippen LogP contribution in [0.25, 0.3) is 10.4 Å². The van der Waals surface area contributed by atoms with Gasteiger partial charge in [0, 0.05) is 16.1 Å². The molecule has 0 radical (unpaired) electrons. The summed E-state index contributed by atoms with van der Waals surface area (Å²) in [6.45, 7) is 6.84. The van der Waals surface area contributed by atoms with E-state index in [-0.39, 0.29) is 11.2 Å². The van der Waals surface area contributed by atoms with E-state index in [0.29, 0.717) is 16.5 Å². The summed E-state index contributed by atoms with van der Waals surface area (Å²) < 4.78 is 0. The van der Waals surface area contributed by atoms with Gasteiger partial charge in [0.15, 0.2) is 0 Å². The Morgan fingerprint density at radius 3 is 2.85 bits per heavy atom. The van der Waals surface area contributed by atoms with Crippen LogP contribution in [-0.4, -0.2) is 16.6 Å². The third kappa shape index (κ3) is 3.79. The van der Waals surface area contributed by atoms with Gasteiger partial charge >= 0.3 is 0 Å². The van der Waals surface area contributed by atoms with Crippen LogP contribution < -0.4 is 5.73 Å². The molecular formula is C20H23N3OS2. The van der Waals surface area contributed by atoms with Crippen LogP contribution in [0.1, 0.15) is 44.0 Å². The fraction of sp³-hybridized carbons (Fsp3) is 0.450. The number of aryl methyl sites for hydroxylation is 1. The van der Waals surface area contributed by atoms with E-state index < -0.39 is 5.91 Å². The Morgan fingerprint density at radius 2 is 2.27 bits per heavy atom. The Kier molecular flexibility index (Phi) is 5.40. The van der Waals surface area contributed by atoms with Crippen LogP contribution in [0.3, 0.4) is 0 Å². The SMILES string of the molecule is CC(C)(C)[C@H]1CCc2nc(SCC(N)=O)c(C#N)c(-c3cccs3)c2C1. The van der Waals surface area contributed by atoms with Gasteiger partial charge in [0.25, 0.3) is 0 Å². The Hall–Kier alpha value is -1.84. The standard InChI is InChI=1S/C20H23N3OS2/c1-20(2,3)12-6-7-15-13(9-12)18(16-5-4-8-25-16)14(10-21)19(23-15)26-11-17(22)24/h4-5,8,12H,6-7,9,11H2,1-3H3,(H2,22,24)/t12-/m0/s1. The first-order valence-electron chi connectivity index (χ1n) is 8.72. The minimum atomic E-state index is -0.399. The second kappa shape index (κ2) is 7.42. The van der Waals surface area contributed by atoms with Crippen LogP contribution in [0.5, 0.6) is 0 Å². The number of hydrogen-bond acceptors (Lipinski definition) is 5. The van der Waals surface area contributed by atoms with E-state index in [1.165, 1.54) is 17.3 Å². The summed E-state index contributed by atoms with van der Waals surface area (Å²) in [7, 11) is 0. The Balaban J connectivity index is 2.16. The van der Waals surface area contributed by atoms with Gasteiger partial charge in [0.1, 0.15) is 11.1 Å². The molecule has 0 bridgehead atoms. The summed E-state index contributed by atoms with van der Waals surface area (Å²) in [6, 6.07) is 6.42. The zero-order valence-electron chi connectivity index (χ0n) is 15.3. The molecule has 0 aliphatic heterocycles. The minimum absolute atomic E-state index is 0.134. The highest BCUT2D eigenvalue weighted by molar-refractivity contribution is 8.00. The molecule has 1 atom stereocenters. The maximum Gasteiger partial charge on any atom is 0.227 e. The molecule has 0 unspecified atom stereocenters. The molecule has 0 aromatic carbocycles. The number of primary amides is 1. The number of aromatic nitrogens is 1. The largest absolute Gasteiger partial charge is 0.369 e. The topological polar surface area (TPSA) is 79.8 Å². The molecule has 0 spiro atoms. The number of nitrogens with zero attached hydrogens (tertiary/aromatic N) is 2. The number of fused-ring (bicyclic) bond motifs is 1. The number of rotatable bonds is 4. The maximum absolute atomic E-state index is 11.2. The van der Waals surface area contributed by atoms with Crippen LogP contribution >= 0.6 is 23.1 Å². The van der Waals surface area contributed by atoms with Crippen molar-refractivity contribution in [3.63, 3.8) is 0 Å². The van der Waals surface area contributed by atoms with Gasteiger partial charge in [0.2, 0.25) is 5.91 Å². The fourth-order valence-corrected chi connectivity index (χ4v) is 5.06. The third-order valence-electron chi connectivity index (χ3n) is 4.99. The van der Waals surface area contributed by atoms with Crippen molar-refractivity contribution in [2.45, 2.75) is 45.1 Å². The Bertz CT molecular complexity index is 861. The molecule has 2 aromatic rings. The first-order chi connectivity index (χ1) is 12.3. The van der Waals surface area contributed by atoms with Gasteiger partial charge in [0.05, 0.1) is 11.3 Å². The molecule has 1 aliphatic carbocycles. The number of amides is 1. The van der Waals surface area contributed by atoms with Crippen molar-refractivity contribution in [2.75, 3.05) is 5.75 Å². The van der Waals surface area contributed by atoms with Gasteiger partial charge < -0.3 is 5.73 Å². The molecule has 0 saturated carbocycles. The number of carbonyl (C=O) groups is 1. The van der Waals surface area contributed by atoms with E-state index in [4.69, 9.17) is 10.7 Å². The third-order valence-corrected chi connectivity index (χ3v) is 6.87. The number of thiophene rings is 1. The quantitative estimate of drug-likeness (QED) is 0.791. The van der Waals surface area contributed by atoms with E-state index in [1.807, 2.05) is 11.4 Å². The zero-order chi connectivity index (χ0) is 18.9. The fourth-order valence-electron chi connectivity index (χ4n) is 3.51. The zero-order valence-corrected chi connectivity index (χ0v) is 17.0. The number of hydrogen-bond donors (Lipinski definition) is 1. The summed E-state index contributed by atoms with van der Waals surface area (Å²) in [5.74, 6) is 0.296. The number of carbonyl (C=O) groups excluding carboxylic acids is 1. The molecule has 1 amide bonds. The monoisotopic (exact) mass is 385 g/mol. The molecule has 3 rings (SSSR count). The van der Waals surface area contributed by atoms with E-state index >= 15 is 0 Å². The molecule has 1 aliphatic rings. The lowest BCUT2D eigenvalue weighted by atomic mass is 9.70. The second-order valence-corrected chi connectivity index (χ2v) is 9.65. The molecule has 0 saturated heterocycles. The van der Waals surface area contributed by atoms with Gasteiger partial charge in [-0.1, -0.05) is 38.6 Å². The first kappa shape index (κ1) is 18.9. The van der Waals surface area contributed by atoms with Gasteiger partial charge in [-0.05, 0) is 47.6 Å². The summed E-state index contributed by atoms with van der Waals surface area (Å²) in [5.41, 5.74) is 9.38. The van der Waals surface area contributed by atoms with Crippen LogP contribution in [0, 0.1) is 22.7 Å². The highest BCUT2D eigenvalue weighted by atomic mass is 32.2. The highest BCUT2D eigenvalue weighted by Crippen LogP contribution is 2.44. The van der Waals surface area contributed by atoms with Crippen LogP contribution in [0.15, 0.2) is 22.5 Å². The molecule has 2 aromatic heterocycles. The summed E-state index contributed by atoms with van der Waals surface area (Å²) in [4.78, 5) is 17.1. The van der Waals surface area contributed by atoms with E-state index in [9.17, 15) is 10.1 Å². The maximum atomic E-state index is 11.2. The van der Waals surface area contributed by atoms with Gasteiger partial charge in [-0.25, -0.2) is 4.98 Å². The van der Waals surface area contributed by atoms with E-state index in [2.05, 4.69) is 32.9 Å². The van der Waals surface area contributed by atoms with Crippen LogP contribution in [0.4, 0.5) is 0 Å². The van der Waals surface area contributed by atoms with Crippen molar-refractivity contribution in [3.8, 4) is 16.5 Å². The first-order valence-corrected chi connectivity index (χ1v) is 10.6. The van der Waals surface area contributed by atoms with Crippen molar-refractivity contribution < 1.29 is 4.79 Å². The van der Waals surface area contributed by atoms with Gasteiger partial charge in [-0.2, -0.15) is 5.26 Å². The Labute approximate surface area is 162 Å². The smallest absolute Gasteiger partial charge is 0.227 e. The number of pyridine rings is 1. The van der Waals surface area contributed by atoms with Crippen molar-refractivity contribution in [2.24, 2.45) is 17.1 Å². The van der Waals surface area contributed by atoms with Crippen LogP contribution in [-0.2, 0) is 17.6 Å². The molecular weight excluding hydrogens is 362 g/mol.